The first-order valence-electron chi connectivity index (χ1n) is 9.00. The molecule has 2 aromatic heterocycles. The van der Waals surface area contributed by atoms with Gasteiger partial charge in [0.05, 0.1) is 19.0 Å². The molecule has 0 bridgehead atoms. The van der Waals surface area contributed by atoms with Crippen molar-refractivity contribution in [2.45, 2.75) is 57.5 Å². The molecule has 2 aromatic rings. The lowest BCUT2D eigenvalue weighted by Gasteiger charge is -2.19. The predicted molar refractivity (Wildman–Crippen MR) is 96.8 cm³/mol. The molecular formula is C18H25N5O3. The number of unbranched alkanes of at least 4 members (excludes halogenated alkanes) is 3. The van der Waals surface area contributed by atoms with Crippen molar-refractivity contribution >= 4 is 17.0 Å². The van der Waals surface area contributed by atoms with Crippen molar-refractivity contribution in [3.8, 4) is 11.8 Å². The zero-order valence-corrected chi connectivity index (χ0v) is 14.9. The minimum absolute atomic E-state index is 0.262. The molecule has 26 heavy (non-hydrogen) atoms. The predicted octanol–water partition coefficient (Wildman–Crippen LogP) is 1.25. The van der Waals surface area contributed by atoms with Crippen LogP contribution in [0.25, 0.3) is 11.2 Å². The Kier molecular flexibility index (Phi) is 6.04. The Morgan fingerprint density at radius 3 is 2.88 bits per heavy atom. The first-order valence-corrected chi connectivity index (χ1v) is 9.00. The number of aliphatic hydroxyl groups excluding tert-OH is 2. The molecule has 140 valence electrons. The van der Waals surface area contributed by atoms with Gasteiger partial charge >= 0.3 is 0 Å². The first kappa shape index (κ1) is 18.6. The minimum atomic E-state index is -0.813. The van der Waals surface area contributed by atoms with E-state index in [0.717, 1.165) is 19.3 Å². The van der Waals surface area contributed by atoms with Gasteiger partial charge in [-0.15, -0.1) is 11.8 Å². The van der Waals surface area contributed by atoms with Crippen LogP contribution in [0.5, 0.6) is 0 Å². The van der Waals surface area contributed by atoms with Crippen LogP contribution in [0.15, 0.2) is 12.7 Å². The summed E-state index contributed by atoms with van der Waals surface area (Å²) in [6.07, 6.45) is 5.68. The van der Waals surface area contributed by atoms with Crippen molar-refractivity contribution < 1.29 is 14.9 Å². The number of nitrogens with two attached hydrogens (primary N) is 1. The number of rotatable bonds is 6. The first-order chi connectivity index (χ1) is 12.7. The van der Waals surface area contributed by atoms with Crippen molar-refractivity contribution in [2.75, 3.05) is 12.3 Å². The molecule has 8 nitrogen and oxygen atoms in total. The van der Waals surface area contributed by atoms with E-state index in [-0.39, 0.29) is 12.5 Å². The summed E-state index contributed by atoms with van der Waals surface area (Å²) < 4.78 is 7.61. The van der Waals surface area contributed by atoms with E-state index in [1.807, 2.05) is 0 Å². The Bertz CT molecular complexity index is 797. The molecule has 1 saturated heterocycles. The second-order valence-electron chi connectivity index (χ2n) is 6.50. The van der Waals surface area contributed by atoms with Crippen LogP contribution in [-0.4, -0.2) is 48.5 Å². The van der Waals surface area contributed by atoms with Gasteiger partial charge in [0.15, 0.2) is 11.5 Å². The summed E-state index contributed by atoms with van der Waals surface area (Å²) in [6.45, 7) is 1.90. The molecule has 1 aliphatic heterocycles. The average Bonchev–Trinajstić information content (AvgIpc) is 3.20. The van der Waals surface area contributed by atoms with Gasteiger partial charge in [-0.2, -0.15) is 0 Å². The van der Waals surface area contributed by atoms with Gasteiger partial charge in [0.1, 0.15) is 24.2 Å². The fourth-order valence-electron chi connectivity index (χ4n) is 3.25. The standard InChI is InChI=1S/C18H25N5O3/c1-2-3-4-5-6-7-8-12-15(25)13(9-24)26-18(12)23-11-22-14-16(19)20-10-21-17(14)23/h10-13,15,18,24-25H,2-5,8-9H2,1H3,(H2,19,20,21)/t12-,13-,15+,18-/m1/s1. The fraction of sp³-hybridized carbons (Fsp3) is 0.611. The molecule has 4 atom stereocenters. The zero-order chi connectivity index (χ0) is 18.5. The molecule has 0 aromatic carbocycles. The Hall–Kier alpha value is -2.21. The highest BCUT2D eigenvalue weighted by molar-refractivity contribution is 5.81. The molecule has 3 rings (SSSR count). The third kappa shape index (κ3) is 3.65. The Balaban J connectivity index is 1.82. The lowest BCUT2D eigenvalue weighted by atomic mass is 9.96. The van der Waals surface area contributed by atoms with E-state index >= 15 is 0 Å². The van der Waals surface area contributed by atoms with Gasteiger partial charge in [0.2, 0.25) is 0 Å². The fourth-order valence-corrected chi connectivity index (χ4v) is 3.25. The van der Waals surface area contributed by atoms with Crippen molar-refractivity contribution in [2.24, 2.45) is 5.92 Å². The highest BCUT2D eigenvalue weighted by atomic mass is 16.5. The Morgan fingerprint density at radius 1 is 1.27 bits per heavy atom. The van der Waals surface area contributed by atoms with E-state index in [1.54, 1.807) is 10.9 Å². The number of anilines is 1. The van der Waals surface area contributed by atoms with Crippen LogP contribution in [0.3, 0.4) is 0 Å². The smallest absolute Gasteiger partial charge is 0.167 e. The minimum Gasteiger partial charge on any atom is -0.394 e. The van der Waals surface area contributed by atoms with Crippen molar-refractivity contribution in [3.63, 3.8) is 0 Å². The summed E-state index contributed by atoms with van der Waals surface area (Å²) in [6, 6.07) is 0. The number of hydrogen-bond acceptors (Lipinski definition) is 7. The summed E-state index contributed by atoms with van der Waals surface area (Å²) >= 11 is 0. The summed E-state index contributed by atoms with van der Waals surface area (Å²) in [5.41, 5.74) is 6.87. The Labute approximate surface area is 152 Å². The van der Waals surface area contributed by atoms with Crippen LogP contribution in [0.2, 0.25) is 0 Å². The van der Waals surface area contributed by atoms with Gasteiger partial charge in [-0.25, -0.2) is 15.0 Å². The van der Waals surface area contributed by atoms with Crippen LogP contribution < -0.4 is 5.73 Å². The number of imidazole rings is 1. The van der Waals surface area contributed by atoms with Crippen LogP contribution >= 0.6 is 0 Å². The van der Waals surface area contributed by atoms with Crippen molar-refractivity contribution in [1.29, 1.82) is 0 Å². The molecule has 0 aliphatic carbocycles. The Morgan fingerprint density at radius 2 is 2.12 bits per heavy atom. The second kappa shape index (κ2) is 8.45. The van der Waals surface area contributed by atoms with E-state index in [1.165, 1.54) is 12.7 Å². The van der Waals surface area contributed by atoms with Gasteiger partial charge in [-0.3, -0.25) is 4.57 Å². The summed E-state index contributed by atoms with van der Waals surface area (Å²) in [7, 11) is 0. The molecule has 1 fully saturated rings. The number of fused-ring (bicyclic) bond motifs is 1. The van der Waals surface area contributed by atoms with Gasteiger partial charge in [0.25, 0.3) is 0 Å². The zero-order valence-electron chi connectivity index (χ0n) is 14.9. The van der Waals surface area contributed by atoms with Gasteiger partial charge in [0, 0.05) is 18.8 Å². The van der Waals surface area contributed by atoms with E-state index in [9.17, 15) is 10.2 Å². The van der Waals surface area contributed by atoms with Gasteiger partial charge < -0.3 is 20.7 Å². The van der Waals surface area contributed by atoms with Gasteiger partial charge in [-0.1, -0.05) is 19.8 Å². The number of nitrogens with zero attached hydrogens (tertiary/aromatic N) is 4. The normalized spacial score (nSPS) is 25.3. The lowest BCUT2D eigenvalue weighted by molar-refractivity contribution is -0.0449. The molecule has 8 heteroatoms. The highest BCUT2D eigenvalue weighted by Crippen LogP contribution is 2.38. The molecule has 0 unspecified atom stereocenters. The van der Waals surface area contributed by atoms with Crippen molar-refractivity contribution in [3.05, 3.63) is 12.7 Å². The highest BCUT2D eigenvalue weighted by Gasteiger charge is 2.44. The van der Waals surface area contributed by atoms with Crippen LogP contribution in [0.1, 0.15) is 45.3 Å². The van der Waals surface area contributed by atoms with Gasteiger partial charge in [-0.05, 0) is 6.42 Å². The lowest BCUT2D eigenvalue weighted by Crippen LogP contribution is -2.29. The summed E-state index contributed by atoms with van der Waals surface area (Å²) in [5, 5.41) is 20.0. The van der Waals surface area contributed by atoms with E-state index in [0.29, 0.717) is 23.4 Å². The quantitative estimate of drug-likeness (QED) is 0.524. The van der Waals surface area contributed by atoms with E-state index < -0.39 is 18.4 Å². The molecular weight excluding hydrogens is 334 g/mol. The van der Waals surface area contributed by atoms with E-state index in [4.69, 9.17) is 10.5 Å². The molecule has 0 radical (unpaired) electrons. The van der Waals surface area contributed by atoms with Crippen LogP contribution in [-0.2, 0) is 4.74 Å². The number of hydrogen-bond donors (Lipinski definition) is 3. The van der Waals surface area contributed by atoms with Crippen molar-refractivity contribution in [1.82, 2.24) is 19.5 Å². The number of nitrogen functional groups attached to an aromatic ring is 1. The third-order valence-corrected chi connectivity index (χ3v) is 4.71. The topological polar surface area (TPSA) is 119 Å². The molecule has 0 amide bonds. The van der Waals surface area contributed by atoms with Crippen LogP contribution in [0.4, 0.5) is 5.82 Å². The molecule has 0 spiro atoms. The van der Waals surface area contributed by atoms with Crippen LogP contribution in [0, 0.1) is 17.8 Å². The largest absolute Gasteiger partial charge is 0.394 e. The number of aromatic nitrogens is 4. The second-order valence-corrected chi connectivity index (χ2v) is 6.50. The van der Waals surface area contributed by atoms with E-state index in [2.05, 4.69) is 33.7 Å². The molecule has 0 saturated carbocycles. The molecule has 3 heterocycles. The molecule has 4 N–H and O–H groups in total. The maximum atomic E-state index is 10.5. The summed E-state index contributed by atoms with van der Waals surface area (Å²) in [5.74, 6) is 6.31. The third-order valence-electron chi connectivity index (χ3n) is 4.71. The molecule has 1 aliphatic rings. The monoisotopic (exact) mass is 359 g/mol. The average molecular weight is 359 g/mol. The SMILES string of the molecule is CCCCCC#CC[C@@H]1[C@H](O)[C@@H](CO)O[C@H]1n1cnc2c(N)ncnc21. The number of ether oxygens (including phenoxy) is 1. The maximum Gasteiger partial charge on any atom is 0.167 e. The maximum absolute atomic E-state index is 10.5. The number of aliphatic hydroxyl groups is 2. The summed E-state index contributed by atoms with van der Waals surface area (Å²) in [4.78, 5) is 12.4.